The molecule has 27 heavy (non-hydrogen) atoms. The van der Waals surface area contributed by atoms with Crippen molar-refractivity contribution in [2.24, 2.45) is 0 Å². The summed E-state index contributed by atoms with van der Waals surface area (Å²) in [6.45, 7) is 0.387. The summed E-state index contributed by atoms with van der Waals surface area (Å²) in [5.74, 6) is 1.37. The van der Waals surface area contributed by atoms with Gasteiger partial charge < -0.3 is 9.47 Å². The van der Waals surface area contributed by atoms with E-state index in [2.05, 4.69) is 0 Å². The number of methoxy groups -OCH3 is 1. The van der Waals surface area contributed by atoms with Crippen LogP contribution in [0.15, 0.2) is 78.9 Å². The number of rotatable bonds is 7. The van der Waals surface area contributed by atoms with Crippen LogP contribution in [0.3, 0.4) is 0 Å². The van der Waals surface area contributed by atoms with Crippen molar-refractivity contribution < 1.29 is 14.3 Å². The highest BCUT2D eigenvalue weighted by atomic mass is 35.5. The minimum atomic E-state index is -0.0694. The summed E-state index contributed by atoms with van der Waals surface area (Å²) < 4.78 is 10.9. The summed E-state index contributed by atoms with van der Waals surface area (Å²) in [5, 5.41) is 0.679. The summed E-state index contributed by atoms with van der Waals surface area (Å²) in [4.78, 5) is 12.3. The molecule has 0 aliphatic rings. The molecule has 0 unspecified atom stereocenters. The van der Waals surface area contributed by atoms with Gasteiger partial charge in [0.15, 0.2) is 5.78 Å². The van der Waals surface area contributed by atoms with Crippen LogP contribution in [-0.4, -0.2) is 12.9 Å². The topological polar surface area (TPSA) is 35.5 Å². The Labute approximate surface area is 163 Å². The van der Waals surface area contributed by atoms with E-state index < -0.39 is 0 Å². The number of carbonyl (C=O) groups excluding carboxylic acids is 1. The summed E-state index contributed by atoms with van der Waals surface area (Å²) >= 11 is 6.15. The molecule has 0 aliphatic heterocycles. The van der Waals surface area contributed by atoms with Crippen LogP contribution >= 0.6 is 11.6 Å². The highest BCUT2D eigenvalue weighted by Crippen LogP contribution is 2.20. The fraction of sp³-hybridized carbons (Fsp3) is 0.0870. The number of allylic oxidation sites excluding steroid dienone is 1. The van der Waals surface area contributed by atoms with Gasteiger partial charge in [0.05, 0.1) is 7.11 Å². The Kier molecular flexibility index (Phi) is 6.29. The predicted molar refractivity (Wildman–Crippen MR) is 109 cm³/mol. The van der Waals surface area contributed by atoms with Gasteiger partial charge in [0.2, 0.25) is 0 Å². The lowest BCUT2D eigenvalue weighted by molar-refractivity contribution is 0.104. The van der Waals surface area contributed by atoms with Crippen molar-refractivity contribution >= 4 is 23.5 Å². The zero-order chi connectivity index (χ0) is 19.1. The molecule has 0 saturated heterocycles. The molecular formula is C23H19ClO3. The number of hydrogen-bond acceptors (Lipinski definition) is 3. The third kappa shape index (κ3) is 5.22. The molecule has 136 valence electrons. The van der Waals surface area contributed by atoms with E-state index >= 15 is 0 Å². The van der Waals surface area contributed by atoms with Crippen LogP contribution in [0.2, 0.25) is 5.02 Å². The summed E-state index contributed by atoms with van der Waals surface area (Å²) in [6, 6.07) is 22.2. The maximum Gasteiger partial charge on any atom is 0.185 e. The first-order valence-corrected chi connectivity index (χ1v) is 8.86. The largest absolute Gasteiger partial charge is 0.497 e. The third-order valence-electron chi connectivity index (χ3n) is 4.01. The molecule has 3 rings (SSSR count). The van der Waals surface area contributed by atoms with E-state index in [1.54, 1.807) is 43.5 Å². The lowest BCUT2D eigenvalue weighted by atomic mass is 10.1. The molecule has 0 fully saturated rings. The highest BCUT2D eigenvalue weighted by molar-refractivity contribution is 6.31. The second-order valence-electron chi connectivity index (χ2n) is 5.88. The SMILES string of the molecule is COc1ccc(C(=O)/C=C/c2cccc(OCc3ccccc3Cl)c2)cc1. The van der Waals surface area contributed by atoms with E-state index in [-0.39, 0.29) is 5.78 Å². The van der Waals surface area contributed by atoms with E-state index in [1.165, 1.54) is 0 Å². The smallest absolute Gasteiger partial charge is 0.185 e. The van der Waals surface area contributed by atoms with Crippen LogP contribution in [0, 0.1) is 0 Å². The minimum Gasteiger partial charge on any atom is -0.497 e. The molecular weight excluding hydrogens is 360 g/mol. The fourth-order valence-corrected chi connectivity index (χ4v) is 2.70. The first-order valence-electron chi connectivity index (χ1n) is 8.48. The van der Waals surface area contributed by atoms with Crippen LogP contribution in [0.25, 0.3) is 6.08 Å². The van der Waals surface area contributed by atoms with Crippen molar-refractivity contribution in [1.29, 1.82) is 0 Å². The molecule has 0 heterocycles. The van der Waals surface area contributed by atoms with E-state index in [0.717, 1.165) is 16.9 Å². The van der Waals surface area contributed by atoms with Crippen molar-refractivity contribution in [3.05, 3.63) is 101 Å². The van der Waals surface area contributed by atoms with Gasteiger partial charge >= 0.3 is 0 Å². The first-order chi connectivity index (χ1) is 13.2. The average Bonchev–Trinajstić information content (AvgIpc) is 2.72. The van der Waals surface area contributed by atoms with Gasteiger partial charge in [0.25, 0.3) is 0 Å². The van der Waals surface area contributed by atoms with Crippen LogP contribution < -0.4 is 9.47 Å². The van der Waals surface area contributed by atoms with Gasteiger partial charge in [0, 0.05) is 16.1 Å². The van der Waals surface area contributed by atoms with Crippen molar-refractivity contribution in [1.82, 2.24) is 0 Å². The maximum absolute atomic E-state index is 12.3. The number of ether oxygens (including phenoxy) is 2. The van der Waals surface area contributed by atoms with E-state index in [0.29, 0.717) is 22.9 Å². The first kappa shape index (κ1) is 18.7. The number of carbonyl (C=O) groups is 1. The Morgan fingerprint density at radius 2 is 1.74 bits per heavy atom. The Morgan fingerprint density at radius 3 is 2.48 bits per heavy atom. The van der Waals surface area contributed by atoms with Gasteiger partial charge in [-0.2, -0.15) is 0 Å². The number of benzene rings is 3. The maximum atomic E-state index is 12.3. The van der Waals surface area contributed by atoms with Crippen LogP contribution in [0.5, 0.6) is 11.5 Å². The van der Waals surface area contributed by atoms with Gasteiger partial charge in [-0.25, -0.2) is 0 Å². The molecule has 3 nitrogen and oxygen atoms in total. The molecule has 0 bridgehead atoms. The molecule has 0 saturated carbocycles. The molecule has 4 heteroatoms. The summed E-state index contributed by atoms with van der Waals surface area (Å²) in [7, 11) is 1.59. The molecule has 3 aromatic carbocycles. The number of hydrogen-bond donors (Lipinski definition) is 0. The predicted octanol–water partition coefficient (Wildman–Crippen LogP) is 5.82. The molecule has 0 N–H and O–H groups in total. The van der Waals surface area contributed by atoms with Crippen LogP contribution in [0.1, 0.15) is 21.5 Å². The van der Waals surface area contributed by atoms with E-state index in [4.69, 9.17) is 21.1 Å². The molecule has 3 aromatic rings. The van der Waals surface area contributed by atoms with Gasteiger partial charge in [-0.1, -0.05) is 48.0 Å². The fourth-order valence-electron chi connectivity index (χ4n) is 2.51. The molecule has 0 spiro atoms. The number of ketones is 1. The van der Waals surface area contributed by atoms with Gasteiger partial charge in [-0.15, -0.1) is 0 Å². The Balaban J connectivity index is 1.65. The quantitative estimate of drug-likeness (QED) is 0.383. The van der Waals surface area contributed by atoms with Crippen molar-refractivity contribution in [2.75, 3.05) is 7.11 Å². The highest BCUT2D eigenvalue weighted by Gasteiger charge is 2.03. The van der Waals surface area contributed by atoms with Gasteiger partial charge in [-0.3, -0.25) is 4.79 Å². The molecule has 0 radical (unpaired) electrons. The lowest BCUT2D eigenvalue weighted by Gasteiger charge is -2.08. The standard InChI is InChI=1S/C23H19ClO3/c1-26-20-12-10-18(11-13-20)23(25)14-9-17-5-4-7-21(15-17)27-16-19-6-2-3-8-22(19)24/h2-15H,16H2,1H3/b14-9+. The zero-order valence-corrected chi connectivity index (χ0v) is 15.6. The van der Waals surface area contributed by atoms with Crippen molar-refractivity contribution in [3.8, 4) is 11.5 Å². The van der Waals surface area contributed by atoms with E-state index in [1.807, 2.05) is 48.5 Å². The molecule has 0 aromatic heterocycles. The normalized spacial score (nSPS) is 10.7. The Hall–Kier alpha value is -3.04. The molecule has 0 amide bonds. The summed E-state index contributed by atoms with van der Waals surface area (Å²) in [5.41, 5.74) is 2.42. The zero-order valence-electron chi connectivity index (χ0n) is 14.9. The monoisotopic (exact) mass is 378 g/mol. The molecule has 0 atom stereocenters. The lowest BCUT2D eigenvalue weighted by Crippen LogP contribution is -1.96. The van der Waals surface area contributed by atoms with Crippen LogP contribution in [-0.2, 0) is 6.61 Å². The second kappa shape index (κ2) is 9.06. The van der Waals surface area contributed by atoms with Gasteiger partial charge in [0.1, 0.15) is 18.1 Å². The number of halogens is 1. The Morgan fingerprint density at radius 1 is 0.963 bits per heavy atom. The Bertz CT molecular complexity index is 946. The van der Waals surface area contributed by atoms with E-state index in [9.17, 15) is 4.79 Å². The molecule has 0 aliphatic carbocycles. The van der Waals surface area contributed by atoms with Crippen LogP contribution in [0.4, 0.5) is 0 Å². The second-order valence-corrected chi connectivity index (χ2v) is 6.29. The van der Waals surface area contributed by atoms with Gasteiger partial charge in [-0.05, 0) is 54.1 Å². The summed E-state index contributed by atoms with van der Waals surface area (Å²) in [6.07, 6.45) is 3.32. The average molecular weight is 379 g/mol. The van der Waals surface area contributed by atoms with Crippen molar-refractivity contribution in [3.63, 3.8) is 0 Å². The minimum absolute atomic E-state index is 0.0694. The van der Waals surface area contributed by atoms with Crippen molar-refractivity contribution in [2.45, 2.75) is 6.61 Å². The third-order valence-corrected chi connectivity index (χ3v) is 4.38.